The molecule has 0 aliphatic rings. The highest BCUT2D eigenvalue weighted by Crippen LogP contribution is 2.60. The Balaban J connectivity index is 6.25. The lowest BCUT2D eigenvalue weighted by atomic mass is 9.92. The van der Waals surface area contributed by atoms with Crippen LogP contribution in [0.2, 0.25) is 0 Å². The van der Waals surface area contributed by atoms with E-state index in [2.05, 4.69) is 4.74 Å². The summed E-state index contributed by atoms with van der Waals surface area (Å²) in [5.41, 5.74) is 0. The van der Waals surface area contributed by atoms with Gasteiger partial charge in [0.05, 0.1) is 0 Å². The Hall–Kier alpha value is -1.44. The van der Waals surface area contributed by atoms with Crippen molar-refractivity contribution in [2.75, 3.05) is 0 Å². The van der Waals surface area contributed by atoms with Gasteiger partial charge < -0.3 is 4.74 Å². The summed E-state index contributed by atoms with van der Waals surface area (Å²) in [5.74, 6) is -37.6. The highest BCUT2D eigenvalue weighted by molar-refractivity contribution is 5.39. The van der Waals surface area contributed by atoms with Crippen molar-refractivity contribution >= 4 is 6.47 Å². The predicted octanol–water partition coefficient (Wildman–Crippen LogP) is 4.20. The van der Waals surface area contributed by atoms with E-state index in [1.54, 1.807) is 0 Å². The molecule has 1 unspecified atom stereocenters. The number of halogens is 13. The largest absolute Gasteiger partial charge is 0.460 e. The topological polar surface area (TPSA) is 26.3 Å². The van der Waals surface area contributed by atoms with Gasteiger partial charge in [0.1, 0.15) is 0 Å². The van der Waals surface area contributed by atoms with Crippen LogP contribution in [0.3, 0.4) is 0 Å². The fourth-order valence-electron chi connectivity index (χ4n) is 1.18. The molecule has 24 heavy (non-hydrogen) atoms. The van der Waals surface area contributed by atoms with Crippen LogP contribution in [-0.4, -0.2) is 48.4 Å². The van der Waals surface area contributed by atoms with Crippen LogP contribution in [0.1, 0.15) is 6.92 Å². The molecule has 15 heteroatoms. The van der Waals surface area contributed by atoms with Gasteiger partial charge in [-0.3, -0.25) is 0 Å². The number of alkyl halides is 13. The Bertz CT molecular complexity index is 467. The summed E-state index contributed by atoms with van der Waals surface area (Å²) < 4.78 is 167. The molecule has 0 N–H and O–H groups in total. The Kier molecular flexibility index (Phi) is 5.47. The molecule has 0 bridgehead atoms. The van der Waals surface area contributed by atoms with Crippen molar-refractivity contribution in [3.63, 3.8) is 0 Å². The molecule has 0 rings (SSSR count). The zero-order valence-electron chi connectivity index (χ0n) is 10.8. The number of ether oxygens (including phenoxy) is 1. The summed E-state index contributed by atoms with van der Waals surface area (Å²) in [6.07, 6.45) is -11.1. The van der Waals surface area contributed by atoms with Gasteiger partial charge in [-0.25, -0.2) is 4.79 Å². The molecule has 1 atom stereocenters. The molecule has 1 radical (unpaired) electrons. The van der Waals surface area contributed by atoms with Crippen LogP contribution in [0.5, 0.6) is 0 Å². The van der Waals surface area contributed by atoms with Crippen molar-refractivity contribution in [3.05, 3.63) is 0 Å². The van der Waals surface area contributed by atoms with E-state index in [9.17, 15) is 61.9 Å². The van der Waals surface area contributed by atoms with Crippen molar-refractivity contribution in [1.29, 1.82) is 0 Å². The maximum absolute atomic E-state index is 13.1. The summed E-state index contributed by atoms with van der Waals surface area (Å²) in [7, 11) is 0. The van der Waals surface area contributed by atoms with Crippen molar-refractivity contribution in [2.24, 2.45) is 0 Å². The molecule has 0 heterocycles. The smallest absolute Gasteiger partial charge is 0.448 e. The Morgan fingerprint density at radius 3 is 1.29 bits per heavy atom. The van der Waals surface area contributed by atoms with Crippen LogP contribution in [0.25, 0.3) is 0 Å². The molecule has 0 aromatic heterocycles. The lowest BCUT2D eigenvalue weighted by Crippen LogP contribution is -2.71. The summed E-state index contributed by atoms with van der Waals surface area (Å²) in [4.78, 5) is 9.60. The third kappa shape index (κ3) is 2.85. The molecule has 0 aliphatic carbocycles. The summed E-state index contributed by atoms with van der Waals surface area (Å²) in [6, 6.07) is 0. The molecule has 0 aliphatic heterocycles. The minimum Gasteiger partial charge on any atom is -0.448 e. The first-order valence-electron chi connectivity index (χ1n) is 5.22. The van der Waals surface area contributed by atoms with Gasteiger partial charge in [0, 0.05) is 0 Å². The predicted molar refractivity (Wildman–Crippen MR) is 47.0 cm³/mol. The van der Waals surface area contributed by atoms with Gasteiger partial charge in [0.25, 0.3) is 0 Å². The van der Waals surface area contributed by atoms with E-state index in [0.717, 1.165) is 0 Å². The van der Waals surface area contributed by atoms with Crippen molar-refractivity contribution in [2.45, 2.75) is 48.8 Å². The zero-order valence-corrected chi connectivity index (χ0v) is 10.8. The van der Waals surface area contributed by atoms with Crippen LogP contribution in [0.4, 0.5) is 57.1 Å². The number of carbonyl (C=O) groups excluding carboxylic acids is 1. The van der Waals surface area contributed by atoms with Crippen LogP contribution < -0.4 is 0 Å². The van der Waals surface area contributed by atoms with Gasteiger partial charge >= 0.3 is 42.3 Å². The van der Waals surface area contributed by atoms with Crippen molar-refractivity contribution in [1.82, 2.24) is 0 Å². The van der Waals surface area contributed by atoms with Crippen LogP contribution in [-0.2, 0) is 9.53 Å². The van der Waals surface area contributed by atoms with E-state index in [1.165, 1.54) is 0 Å². The molecule has 0 saturated heterocycles. The van der Waals surface area contributed by atoms with E-state index in [0.29, 0.717) is 0 Å². The average Bonchev–Trinajstić information content (AvgIpc) is 2.36. The fourth-order valence-corrected chi connectivity index (χ4v) is 1.18. The van der Waals surface area contributed by atoms with Gasteiger partial charge in [-0.2, -0.15) is 57.1 Å². The highest BCUT2D eigenvalue weighted by atomic mass is 19.4. The lowest BCUT2D eigenvalue weighted by molar-refractivity contribution is -0.443. The van der Waals surface area contributed by atoms with E-state index in [4.69, 9.17) is 0 Å². The zero-order chi connectivity index (χ0) is 20.0. The standard InChI is InChI=1S/C9H4F13O2/c1-3(24-2-23)4(10,11)5(12,13)6(14,15)7(16,17)8(18,19)9(20,21)22/h3H,1H3. The van der Waals surface area contributed by atoms with Gasteiger partial charge in [-0.05, 0) is 6.92 Å². The first-order chi connectivity index (χ1) is 10.2. The minimum absolute atomic E-state index is 0.0665. The van der Waals surface area contributed by atoms with E-state index < -0.39 is 41.9 Å². The summed E-state index contributed by atoms with van der Waals surface area (Å²) >= 11 is 0. The highest BCUT2D eigenvalue weighted by Gasteiger charge is 2.91. The fraction of sp³-hybridized carbons (Fsp3) is 0.889. The van der Waals surface area contributed by atoms with Crippen LogP contribution >= 0.6 is 0 Å². The second-order valence-corrected chi connectivity index (χ2v) is 4.26. The van der Waals surface area contributed by atoms with E-state index >= 15 is 0 Å². The van der Waals surface area contributed by atoms with Crippen molar-refractivity contribution in [3.8, 4) is 0 Å². The molecule has 0 saturated carbocycles. The van der Waals surface area contributed by atoms with Crippen molar-refractivity contribution < 1.29 is 66.6 Å². The van der Waals surface area contributed by atoms with Gasteiger partial charge in [0.15, 0.2) is 6.10 Å². The summed E-state index contributed by atoms with van der Waals surface area (Å²) in [5, 5.41) is 0. The Morgan fingerprint density at radius 2 is 1.00 bits per heavy atom. The van der Waals surface area contributed by atoms with Gasteiger partial charge in [-0.15, -0.1) is 0 Å². The average molecular weight is 391 g/mol. The molecule has 0 spiro atoms. The lowest BCUT2D eigenvalue weighted by Gasteiger charge is -2.40. The van der Waals surface area contributed by atoms with Crippen LogP contribution in [0, 0.1) is 0 Å². The van der Waals surface area contributed by atoms with E-state index in [-0.39, 0.29) is 13.4 Å². The molecular weight excluding hydrogens is 387 g/mol. The van der Waals surface area contributed by atoms with E-state index in [1.807, 2.05) is 0 Å². The molecular formula is C9H4F13O2. The number of hydrogen-bond acceptors (Lipinski definition) is 2. The normalized spacial score (nSPS) is 16.8. The minimum atomic E-state index is -7.98. The second kappa shape index (κ2) is 5.82. The molecule has 143 valence electrons. The molecule has 0 aromatic rings. The summed E-state index contributed by atoms with van der Waals surface area (Å²) in [6.45, 7) is -0.175. The Morgan fingerprint density at radius 1 is 0.667 bits per heavy atom. The molecule has 0 aromatic carbocycles. The molecule has 0 fully saturated rings. The SMILES string of the molecule is CC(O[C]=O)C(F)(F)C(F)(F)C(F)(F)C(F)(F)C(F)(F)C(F)(F)F. The quantitative estimate of drug-likeness (QED) is 0.609. The first-order valence-corrected chi connectivity index (χ1v) is 5.22. The third-order valence-corrected chi connectivity index (χ3v) is 2.69. The molecule has 0 amide bonds. The Labute approximate surface area is 123 Å². The third-order valence-electron chi connectivity index (χ3n) is 2.69. The molecule has 2 nitrogen and oxygen atoms in total. The number of hydrogen-bond donors (Lipinski definition) is 0. The van der Waals surface area contributed by atoms with Crippen LogP contribution in [0.15, 0.2) is 0 Å². The number of rotatable bonds is 7. The van der Waals surface area contributed by atoms with Gasteiger partial charge in [0.2, 0.25) is 0 Å². The second-order valence-electron chi connectivity index (χ2n) is 4.26. The maximum Gasteiger partial charge on any atom is 0.460 e. The van der Waals surface area contributed by atoms with Gasteiger partial charge in [-0.1, -0.05) is 0 Å². The maximum atomic E-state index is 13.1. The monoisotopic (exact) mass is 391 g/mol. The first kappa shape index (κ1) is 22.6.